The number of nitrogens with two attached hydrogens (primary N) is 1. The number of rotatable bonds is 4. The summed E-state index contributed by atoms with van der Waals surface area (Å²) in [7, 11) is -3.89. The molecular formula is C12H16ClN3O4S. The topological polar surface area (TPSA) is 115 Å². The standard InChI is InChI=1S/C12H16ClN3O4S/c1-7-9(13)5-8(6-12(7)16(17)18)21(19,20)15-11-4-2-3-10(11)14/h5-6,10-11,15H,2-4,14H2,1H3. The van der Waals surface area contributed by atoms with E-state index >= 15 is 0 Å². The van der Waals surface area contributed by atoms with Gasteiger partial charge in [0.15, 0.2) is 0 Å². The van der Waals surface area contributed by atoms with Crippen molar-refractivity contribution in [2.24, 2.45) is 5.73 Å². The van der Waals surface area contributed by atoms with Crippen LogP contribution < -0.4 is 10.5 Å². The molecule has 0 saturated heterocycles. The first kappa shape index (κ1) is 16.2. The third kappa shape index (κ3) is 3.34. The Morgan fingerprint density at radius 2 is 2.10 bits per heavy atom. The summed E-state index contributed by atoms with van der Waals surface area (Å²) in [4.78, 5) is 10.1. The van der Waals surface area contributed by atoms with Crippen LogP contribution in [0.1, 0.15) is 24.8 Å². The highest BCUT2D eigenvalue weighted by atomic mass is 35.5. The van der Waals surface area contributed by atoms with Crippen molar-refractivity contribution in [1.82, 2.24) is 4.72 Å². The lowest BCUT2D eigenvalue weighted by molar-refractivity contribution is -0.385. The second kappa shape index (κ2) is 5.88. The lowest BCUT2D eigenvalue weighted by atomic mass is 10.2. The van der Waals surface area contributed by atoms with Gasteiger partial charge in [-0.05, 0) is 25.8 Å². The van der Waals surface area contributed by atoms with Crippen LogP contribution in [0.15, 0.2) is 17.0 Å². The summed E-state index contributed by atoms with van der Waals surface area (Å²) >= 11 is 5.89. The molecule has 116 valence electrons. The van der Waals surface area contributed by atoms with Crippen LogP contribution in [0.3, 0.4) is 0 Å². The molecule has 2 atom stereocenters. The van der Waals surface area contributed by atoms with Gasteiger partial charge in [-0.1, -0.05) is 18.0 Å². The van der Waals surface area contributed by atoms with Crippen LogP contribution in [0, 0.1) is 17.0 Å². The molecule has 9 heteroatoms. The highest BCUT2D eigenvalue weighted by Crippen LogP contribution is 2.30. The van der Waals surface area contributed by atoms with E-state index in [1.54, 1.807) is 0 Å². The molecule has 21 heavy (non-hydrogen) atoms. The van der Waals surface area contributed by atoms with Gasteiger partial charge >= 0.3 is 0 Å². The van der Waals surface area contributed by atoms with E-state index in [1.807, 2.05) is 0 Å². The van der Waals surface area contributed by atoms with Crippen molar-refractivity contribution in [2.75, 3.05) is 0 Å². The molecule has 1 aliphatic carbocycles. The first-order valence-corrected chi connectivity index (χ1v) is 8.31. The largest absolute Gasteiger partial charge is 0.326 e. The number of nitro groups is 1. The first-order valence-electron chi connectivity index (χ1n) is 6.45. The van der Waals surface area contributed by atoms with Gasteiger partial charge in [0.2, 0.25) is 10.0 Å². The monoisotopic (exact) mass is 333 g/mol. The fourth-order valence-electron chi connectivity index (χ4n) is 2.39. The van der Waals surface area contributed by atoms with Gasteiger partial charge in [-0.2, -0.15) is 0 Å². The Morgan fingerprint density at radius 1 is 1.43 bits per heavy atom. The fraction of sp³-hybridized carbons (Fsp3) is 0.500. The Labute approximate surface area is 127 Å². The van der Waals surface area contributed by atoms with Gasteiger partial charge in [0.1, 0.15) is 0 Å². The smallest absolute Gasteiger partial charge is 0.275 e. The van der Waals surface area contributed by atoms with Crippen molar-refractivity contribution in [1.29, 1.82) is 0 Å². The van der Waals surface area contributed by atoms with Crippen molar-refractivity contribution in [3.63, 3.8) is 0 Å². The summed E-state index contributed by atoms with van der Waals surface area (Å²) < 4.78 is 27.1. The molecule has 0 bridgehead atoms. The number of nitro benzene ring substituents is 1. The molecule has 0 aromatic heterocycles. The molecular weight excluding hydrogens is 318 g/mol. The number of nitrogens with one attached hydrogen (secondary N) is 1. The predicted molar refractivity (Wildman–Crippen MR) is 78.8 cm³/mol. The quantitative estimate of drug-likeness (QED) is 0.643. The van der Waals surface area contributed by atoms with Crippen molar-refractivity contribution in [2.45, 2.75) is 43.2 Å². The van der Waals surface area contributed by atoms with E-state index in [2.05, 4.69) is 4.72 Å². The van der Waals surface area contributed by atoms with Crippen LogP contribution in [-0.4, -0.2) is 25.4 Å². The number of hydrogen-bond acceptors (Lipinski definition) is 5. The fourth-order valence-corrected chi connectivity index (χ4v) is 4.03. The third-order valence-corrected chi connectivity index (χ3v) is 5.54. The van der Waals surface area contributed by atoms with Gasteiger partial charge in [-0.3, -0.25) is 10.1 Å². The van der Waals surface area contributed by atoms with Crippen LogP contribution in [0.4, 0.5) is 5.69 Å². The van der Waals surface area contributed by atoms with Gasteiger partial charge in [0, 0.05) is 23.7 Å². The van der Waals surface area contributed by atoms with E-state index in [0.717, 1.165) is 18.9 Å². The zero-order chi connectivity index (χ0) is 15.8. The Kier molecular flexibility index (Phi) is 4.52. The summed E-state index contributed by atoms with van der Waals surface area (Å²) in [5.41, 5.74) is 5.75. The molecule has 0 aliphatic heterocycles. The lowest BCUT2D eigenvalue weighted by Gasteiger charge is -2.17. The first-order chi connectivity index (χ1) is 9.72. The zero-order valence-electron chi connectivity index (χ0n) is 11.4. The minimum atomic E-state index is -3.89. The van der Waals surface area contributed by atoms with Gasteiger partial charge in [-0.15, -0.1) is 0 Å². The van der Waals surface area contributed by atoms with E-state index in [4.69, 9.17) is 17.3 Å². The van der Waals surface area contributed by atoms with Gasteiger partial charge in [0.25, 0.3) is 5.69 Å². The molecule has 0 spiro atoms. The average molecular weight is 334 g/mol. The summed E-state index contributed by atoms with van der Waals surface area (Å²) in [6.07, 6.45) is 2.26. The molecule has 2 unspecified atom stereocenters. The van der Waals surface area contributed by atoms with Gasteiger partial charge < -0.3 is 5.73 Å². The van der Waals surface area contributed by atoms with Crippen molar-refractivity contribution in [3.8, 4) is 0 Å². The molecule has 0 radical (unpaired) electrons. The number of nitrogens with zero attached hydrogens (tertiary/aromatic N) is 1. The maximum atomic E-state index is 12.3. The highest BCUT2D eigenvalue weighted by Gasteiger charge is 2.30. The van der Waals surface area contributed by atoms with E-state index < -0.39 is 14.9 Å². The SMILES string of the molecule is Cc1c(Cl)cc(S(=O)(=O)NC2CCCC2N)cc1[N+](=O)[O-]. The van der Waals surface area contributed by atoms with Crippen molar-refractivity contribution in [3.05, 3.63) is 32.8 Å². The van der Waals surface area contributed by atoms with Crippen LogP contribution in [0.5, 0.6) is 0 Å². The van der Waals surface area contributed by atoms with Crippen LogP contribution >= 0.6 is 11.6 Å². The summed E-state index contributed by atoms with van der Waals surface area (Å²) in [5.74, 6) is 0. The highest BCUT2D eigenvalue weighted by molar-refractivity contribution is 7.89. The zero-order valence-corrected chi connectivity index (χ0v) is 12.9. The van der Waals surface area contributed by atoms with Gasteiger partial charge in [-0.25, -0.2) is 13.1 Å². The van der Waals surface area contributed by atoms with Crippen LogP contribution in [-0.2, 0) is 10.0 Å². The van der Waals surface area contributed by atoms with Crippen LogP contribution in [0.2, 0.25) is 5.02 Å². The van der Waals surface area contributed by atoms with E-state index in [0.29, 0.717) is 6.42 Å². The second-order valence-corrected chi connectivity index (χ2v) is 7.25. The summed E-state index contributed by atoms with van der Waals surface area (Å²) in [6, 6.07) is 1.64. The third-order valence-electron chi connectivity index (χ3n) is 3.67. The molecule has 3 N–H and O–H groups in total. The Morgan fingerprint density at radius 3 is 2.62 bits per heavy atom. The number of hydrogen-bond donors (Lipinski definition) is 2. The summed E-state index contributed by atoms with van der Waals surface area (Å²) in [5, 5.41) is 11.0. The van der Waals surface area contributed by atoms with Crippen LogP contribution in [0.25, 0.3) is 0 Å². The van der Waals surface area contributed by atoms with E-state index in [1.165, 1.54) is 13.0 Å². The van der Waals surface area contributed by atoms with Crippen molar-refractivity contribution >= 4 is 27.3 Å². The lowest BCUT2D eigenvalue weighted by Crippen LogP contribution is -2.43. The maximum absolute atomic E-state index is 12.3. The Bertz CT molecular complexity index is 677. The number of sulfonamides is 1. The molecule has 0 heterocycles. The molecule has 2 rings (SSSR count). The Hall–Kier alpha value is -1.22. The number of benzene rings is 1. The van der Waals surface area contributed by atoms with E-state index in [9.17, 15) is 18.5 Å². The molecule has 1 aromatic rings. The molecule has 1 aliphatic rings. The number of halogens is 1. The minimum Gasteiger partial charge on any atom is -0.326 e. The molecule has 7 nitrogen and oxygen atoms in total. The van der Waals surface area contributed by atoms with Gasteiger partial charge in [0.05, 0.1) is 14.8 Å². The summed E-state index contributed by atoms with van der Waals surface area (Å²) in [6.45, 7) is 1.47. The predicted octanol–water partition coefficient (Wildman–Crippen LogP) is 1.71. The minimum absolute atomic E-state index is 0.0419. The molecule has 1 aromatic carbocycles. The normalized spacial score (nSPS) is 22.4. The maximum Gasteiger partial charge on any atom is 0.275 e. The second-order valence-electron chi connectivity index (χ2n) is 5.13. The average Bonchev–Trinajstić information content (AvgIpc) is 2.77. The Balaban J connectivity index is 2.38. The molecule has 0 amide bonds. The van der Waals surface area contributed by atoms with Crippen molar-refractivity contribution < 1.29 is 13.3 Å². The molecule has 1 saturated carbocycles. The molecule has 1 fully saturated rings. The van der Waals surface area contributed by atoms with E-state index in [-0.39, 0.29) is 33.3 Å².